The Hall–Kier alpha value is -1.87. The maximum absolute atomic E-state index is 5.78. The van der Waals surface area contributed by atoms with Gasteiger partial charge in [0.15, 0.2) is 0 Å². The lowest BCUT2D eigenvalue weighted by Gasteiger charge is -2.09. The Balaban J connectivity index is 2.13. The van der Waals surface area contributed by atoms with E-state index in [-0.39, 0.29) is 0 Å². The van der Waals surface area contributed by atoms with Gasteiger partial charge in [-0.3, -0.25) is 4.98 Å². The molecule has 2 aromatic rings. The van der Waals surface area contributed by atoms with Gasteiger partial charge in [-0.25, -0.2) is 0 Å². The molecule has 0 saturated carbocycles. The van der Waals surface area contributed by atoms with Crippen molar-refractivity contribution in [2.24, 2.45) is 5.73 Å². The molecule has 0 fully saturated rings. The SMILES string of the molecule is NCc1cc(-c2ccncc2)cc2c1OCC2. The number of pyridine rings is 1. The van der Waals surface area contributed by atoms with Crippen LogP contribution in [0.4, 0.5) is 0 Å². The first-order valence-electron chi connectivity index (χ1n) is 5.77. The summed E-state index contributed by atoms with van der Waals surface area (Å²) < 4.78 is 5.62. The highest BCUT2D eigenvalue weighted by Crippen LogP contribution is 2.34. The molecule has 0 amide bonds. The first-order valence-corrected chi connectivity index (χ1v) is 5.77. The summed E-state index contributed by atoms with van der Waals surface area (Å²) >= 11 is 0. The molecule has 0 saturated heterocycles. The number of fused-ring (bicyclic) bond motifs is 1. The third-order valence-corrected chi connectivity index (χ3v) is 3.09. The van der Waals surface area contributed by atoms with Gasteiger partial charge >= 0.3 is 0 Å². The second-order valence-corrected chi connectivity index (χ2v) is 4.16. The van der Waals surface area contributed by atoms with Gasteiger partial charge in [-0.1, -0.05) is 0 Å². The van der Waals surface area contributed by atoms with Crippen LogP contribution in [0.1, 0.15) is 11.1 Å². The van der Waals surface area contributed by atoms with Crippen molar-refractivity contribution in [3.63, 3.8) is 0 Å². The van der Waals surface area contributed by atoms with E-state index < -0.39 is 0 Å². The zero-order chi connectivity index (χ0) is 11.7. The molecule has 86 valence electrons. The van der Waals surface area contributed by atoms with E-state index in [1.807, 2.05) is 12.1 Å². The topological polar surface area (TPSA) is 48.1 Å². The number of benzene rings is 1. The summed E-state index contributed by atoms with van der Waals surface area (Å²) in [5.74, 6) is 0.991. The van der Waals surface area contributed by atoms with Gasteiger partial charge in [0.2, 0.25) is 0 Å². The van der Waals surface area contributed by atoms with Crippen LogP contribution in [0.3, 0.4) is 0 Å². The monoisotopic (exact) mass is 226 g/mol. The minimum atomic E-state index is 0.515. The molecule has 1 aromatic heterocycles. The van der Waals surface area contributed by atoms with Crippen LogP contribution in [-0.2, 0) is 13.0 Å². The Bertz CT molecular complexity index is 537. The number of aromatic nitrogens is 1. The molecule has 2 N–H and O–H groups in total. The summed E-state index contributed by atoms with van der Waals surface area (Å²) in [4.78, 5) is 4.04. The van der Waals surface area contributed by atoms with Crippen molar-refractivity contribution >= 4 is 0 Å². The Labute approximate surface area is 100 Å². The van der Waals surface area contributed by atoms with Crippen LogP contribution < -0.4 is 10.5 Å². The lowest BCUT2D eigenvalue weighted by atomic mass is 9.99. The minimum Gasteiger partial charge on any atom is -0.493 e. The highest BCUT2D eigenvalue weighted by Gasteiger charge is 2.17. The maximum Gasteiger partial charge on any atom is 0.127 e. The zero-order valence-electron chi connectivity index (χ0n) is 9.52. The van der Waals surface area contributed by atoms with Crippen molar-refractivity contribution in [1.29, 1.82) is 0 Å². The molecule has 1 aliphatic heterocycles. The van der Waals surface area contributed by atoms with Gasteiger partial charge in [-0.2, -0.15) is 0 Å². The number of ether oxygens (including phenoxy) is 1. The Morgan fingerprint density at radius 3 is 2.76 bits per heavy atom. The fourth-order valence-electron chi connectivity index (χ4n) is 2.25. The molecule has 17 heavy (non-hydrogen) atoms. The summed E-state index contributed by atoms with van der Waals surface area (Å²) in [6, 6.07) is 8.33. The zero-order valence-corrected chi connectivity index (χ0v) is 9.52. The molecule has 0 aliphatic carbocycles. The summed E-state index contributed by atoms with van der Waals surface area (Å²) in [7, 11) is 0. The molecular weight excluding hydrogens is 212 g/mol. The molecule has 3 nitrogen and oxygen atoms in total. The number of nitrogens with two attached hydrogens (primary N) is 1. The molecule has 3 rings (SSSR count). The maximum atomic E-state index is 5.78. The van der Waals surface area contributed by atoms with Gasteiger partial charge in [0, 0.05) is 30.9 Å². The molecule has 0 bridgehead atoms. The lowest BCUT2D eigenvalue weighted by molar-refractivity contribution is 0.353. The Morgan fingerprint density at radius 1 is 1.18 bits per heavy atom. The van der Waals surface area contributed by atoms with Crippen molar-refractivity contribution in [3.8, 4) is 16.9 Å². The normalized spacial score (nSPS) is 13.2. The summed E-state index contributed by atoms with van der Waals surface area (Å²) in [5, 5.41) is 0. The van der Waals surface area contributed by atoms with Crippen molar-refractivity contribution < 1.29 is 4.74 Å². The van der Waals surface area contributed by atoms with Crippen LogP contribution in [0, 0.1) is 0 Å². The molecule has 2 heterocycles. The van der Waals surface area contributed by atoms with Gasteiger partial charge in [-0.05, 0) is 41.0 Å². The standard InChI is InChI=1S/C14H14N2O/c15-9-13-8-12(10-1-4-16-5-2-10)7-11-3-6-17-14(11)13/h1-2,4-5,7-8H,3,6,9,15H2. The van der Waals surface area contributed by atoms with E-state index in [9.17, 15) is 0 Å². The average molecular weight is 226 g/mol. The number of rotatable bonds is 2. The van der Waals surface area contributed by atoms with Crippen molar-refractivity contribution in [3.05, 3.63) is 47.8 Å². The predicted octanol–water partition coefficient (Wildman–Crippen LogP) is 2.14. The van der Waals surface area contributed by atoms with Crippen LogP contribution in [0.2, 0.25) is 0 Å². The van der Waals surface area contributed by atoms with Gasteiger partial charge in [0.05, 0.1) is 6.61 Å². The van der Waals surface area contributed by atoms with Crippen molar-refractivity contribution in [2.45, 2.75) is 13.0 Å². The Kier molecular flexibility index (Phi) is 2.53. The van der Waals surface area contributed by atoms with E-state index >= 15 is 0 Å². The summed E-state index contributed by atoms with van der Waals surface area (Å²) in [6.45, 7) is 1.28. The second kappa shape index (κ2) is 4.18. The lowest BCUT2D eigenvalue weighted by Crippen LogP contribution is -2.00. The van der Waals surface area contributed by atoms with Crippen LogP contribution >= 0.6 is 0 Å². The predicted molar refractivity (Wildman–Crippen MR) is 66.8 cm³/mol. The van der Waals surface area contributed by atoms with Gasteiger partial charge in [0.1, 0.15) is 5.75 Å². The number of hydrogen-bond acceptors (Lipinski definition) is 3. The van der Waals surface area contributed by atoms with E-state index in [0.717, 1.165) is 24.3 Å². The van der Waals surface area contributed by atoms with Crippen LogP contribution in [-0.4, -0.2) is 11.6 Å². The third-order valence-electron chi connectivity index (χ3n) is 3.09. The van der Waals surface area contributed by atoms with Crippen LogP contribution in [0.15, 0.2) is 36.7 Å². The average Bonchev–Trinajstić information content (AvgIpc) is 2.86. The fourth-order valence-corrected chi connectivity index (χ4v) is 2.25. The largest absolute Gasteiger partial charge is 0.493 e. The fraction of sp³-hybridized carbons (Fsp3) is 0.214. The number of nitrogens with zero attached hydrogens (tertiary/aromatic N) is 1. The smallest absolute Gasteiger partial charge is 0.127 e. The van der Waals surface area contributed by atoms with E-state index in [1.165, 1.54) is 16.7 Å². The molecule has 0 atom stereocenters. The van der Waals surface area contributed by atoms with Crippen LogP contribution in [0.25, 0.3) is 11.1 Å². The van der Waals surface area contributed by atoms with Crippen LogP contribution in [0.5, 0.6) is 5.75 Å². The molecular formula is C14H14N2O. The summed E-state index contributed by atoms with van der Waals surface area (Å²) in [6.07, 6.45) is 4.59. The molecule has 0 spiro atoms. The van der Waals surface area contributed by atoms with E-state index in [1.54, 1.807) is 12.4 Å². The minimum absolute atomic E-state index is 0.515. The van der Waals surface area contributed by atoms with E-state index in [0.29, 0.717) is 6.54 Å². The molecule has 0 unspecified atom stereocenters. The van der Waals surface area contributed by atoms with E-state index in [4.69, 9.17) is 10.5 Å². The first-order chi connectivity index (χ1) is 8.38. The molecule has 1 aromatic carbocycles. The molecule has 1 aliphatic rings. The summed E-state index contributed by atoms with van der Waals surface area (Å²) in [5.41, 5.74) is 10.5. The quantitative estimate of drug-likeness (QED) is 0.853. The molecule has 3 heteroatoms. The number of hydrogen-bond donors (Lipinski definition) is 1. The van der Waals surface area contributed by atoms with Gasteiger partial charge in [-0.15, -0.1) is 0 Å². The van der Waals surface area contributed by atoms with Gasteiger partial charge in [0.25, 0.3) is 0 Å². The van der Waals surface area contributed by atoms with Gasteiger partial charge < -0.3 is 10.5 Å². The van der Waals surface area contributed by atoms with Crippen molar-refractivity contribution in [2.75, 3.05) is 6.61 Å². The highest BCUT2D eigenvalue weighted by atomic mass is 16.5. The molecule has 0 radical (unpaired) electrons. The third kappa shape index (κ3) is 1.78. The Morgan fingerprint density at radius 2 is 2.00 bits per heavy atom. The van der Waals surface area contributed by atoms with Crippen molar-refractivity contribution in [1.82, 2.24) is 4.98 Å². The second-order valence-electron chi connectivity index (χ2n) is 4.16. The van der Waals surface area contributed by atoms with E-state index in [2.05, 4.69) is 17.1 Å². The first kappa shape index (κ1) is 10.3. The highest BCUT2D eigenvalue weighted by molar-refractivity contribution is 5.67.